The van der Waals surface area contributed by atoms with Crippen LogP contribution in [0.3, 0.4) is 0 Å². The maximum Gasteiger partial charge on any atom is 0.219 e. The Morgan fingerprint density at radius 3 is 2.36 bits per heavy atom. The fourth-order valence-electron chi connectivity index (χ4n) is 5.71. The first-order valence-electron chi connectivity index (χ1n) is 11.7. The molecule has 5 rings (SSSR count). The van der Waals surface area contributed by atoms with Gasteiger partial charge < -0.3 is 9.64 Å². The van der Waals surface area contributed by atoms with Crippen molar-refractivity contribution >= 4 is 17.5 Å². The number of alkyl halides is 1. The van der Waals surface area contributed by atoms with E-state index in [-0.39, 0.29) is 35.7 Å². The number of carbonyl (C=O) groups is 3. The molecule has 0 bridgehead atoms. The molecular formula is C27H28FNO4. The van der Waals surface area contributed by atoms with Gasteiger partial charge in [0.15, 0.2) is 11.6 Å². The monoisotopic (exact) mass is 449 g/mol. The van der Waals surface area contributed by atoms with Crippen LogP contribution in [0.1, 0.15) is 64.4 Å². The molecule has 5 nitrogen and oxygen atoms in total. The molecule has 2 aromatic rings. The molecule has 2 aliphatic heterocycles. The minimum absolute atomic E-state index is 0.00719. The number of nitrogens with zero attached hydrogens (tertiary/aromatic N) is 1. The average molecular weight is 450 g/mol. The van der Waals surface area contributed by atoms with Gasteiger partial charge in [-0.05, 0) is 35.4 Å². The Balaban J connectivity index is 1.46. The van der Waals surface area contributed by atoms with Crippen molar-refractivity contribution in [3.8, 4) is 5.75 Å². The molecule has 2 fully saturated rings. The normalized spacial score (nSPS) is 27.0. The van der Waals surface area contributed by atoms with Crippen LogP contribution in [0.2, 0.25) is 0 Å². The van der Waals surface area contributed by atoms with E-state index >= 15 is 0 Å². The van der Waals surface area contributed by atoms with Crippen molar-refractivity contribution in [2.45, 2.75) is 38.7 Å². The van der Waals surface area contributed by atoms with Gasteiger partial charge in [-0.3, -0.25) is 14.4 Å². The van der Waals surface area contributed by atoms with Gasteiger partial charge in [-0.25, -0.2) is 4.39 Å². The average Bonchev–Trinajstić information content (AvgIpc) is 3.18. The molecule has 0 radical (unpaired) electrons. The Hall–Kier alpha value is -3.02. The fourth-order valence-corrected chi connectivity index (χ4v) is 5.71. The van der Waals surface area contributed by atoms with E-state index in [2.05, 4.69) is 0 Å². The van der Waals surface area contributed by atoms with Crippen LogP contribution in [-0.2, 0) is 4.79 Å². The summed E-state index contributed by atoms with van der Waals surface area (Å²) >= 11 is 0. The van der Waals surface area contributed by atoms with Crippen LogP contribution in [0, 0.1) is 17.8 Å². The molecule has 1 aliphatic carbocycles. The van der Waals surface area contributed by atoms with Crippen LogP contribution in [0.5, 0.6) is 5.75 Å². The van der Waals surface area contributed by atoms with Crippen LogP contribution >= 0.6 is 0 Å². The highest BCUT2D eigenvalue weighted by Gasteiger charge is 2.56. The van der Waals surface area contributed by atoms with E-state index in [1.807, 2.05) is 35.2 Å². The highest BCUT2D eigenvalue weighted by atomic mass is 19.1. The molecule has 5 atom stereocenters. The third-order valence-corrected chi connectivity index (χ3v) is 7.59. The summed E-state index contributed by atoms with van der Waals surface area (Å²) in [6.45, 7) is 4.12. The molecule has 3 aliphatic rings. The summed E-state index contributed by atoms with van der Waals surface area (Å²) < 4.78 is 19.9. The lowest BCUT2D eigenvalue weighted by Crippen LogP contribution is -2.29. The van der Waals surface area contributed by atoms with E-state index in [0.717, 1.165) is 18.7 Å². The van der Waals surface area contributed by atoms with Gasteiger partial charge in [-0.2, -0.15) is 0 Å². The van der Waals surface area contributed by atoms with Crippen molar-refractivity contribution in [1.29, 1.82) is 0 Å². The second kappa shape index (κ2) is 8.40. The first-order valence-corrected chi connectivity index (χ1v) is 11.7. The zero-order valence-corrected chi connectivity index (χ0v) is 18.9. The molecule has 0 aromatic heterocycles. The predicted octanol–water partition coefficient (Wildman–Crippen LogP) is 4.44. The van der Waals surface area contributed by atoms with Crippen LogP contribution in [0.4, 0.5) is 4.39 Å². The number of Topliss-reactive ketones (excluding diaryl/α,β-unsaturated/α-hetero) is 2. The first kappa shape index (κ1) is 21.8. The van der Waals surface area contributed by atoms with E-state index < -0.39 is 12.8 Å². The number of piperidine rings is 1. The molecule has 33 heavy (non-hydrogen) atoms. The lowest BCUT2D eigenvalue weighted by atomic mass is 9.85. The standard InChI is InChI=1S/C27H28FNO4/c1-3-23(31)19-9-17(24(32)11-18-21-13-29(15(2)30)14-22(18)21)10-20-26(16-7-5-4-6-8-16)25(12-28)33-27(19)20/h4-10,18,21-22,25-26H,3,11-14H2,1-2H3/t18?,21-,22+,25-,26+/m1/s1. The lowest BCUT2D eigenvalue weighted by Gasteiger charge is -2.18. The van der Waals surface area contributed by atoms with Gasteiger partial charge in [-0.1, -0.05) is 37.3 Å². The Bertz CT molecular complexity index is 1100. The van der Waals surface area contributed by atoms with Crippen LogP contribution < -0.4 is 4.74 Å². The van der Waals surface area contributed by atoms with Gasteiger partial charge in [0, 0.05) is 44.0 Å². The van der Waals surface area contributed by atoms with Crippen molar-refractivity contribution in [2.75, 3.05) is 19.8 Å². The number of benzene rings is 2. The molecule has 1 amide bonds. The number of ketones is 2. The third kappa shape index (κ3) is 3.75. The Morgan fingerprint density at radius 2 is 1.76 bits per heavy atom. The van der Waals surface area contributed by atoms with Gasteiger partial charge in [-0.15, -0.1) is 0 Å². The summed E-state index contributed by atoms with van der Waals surface area (Å²) in [4.78, 5) is 39.5. The number of hydrogen-bond acceptors (Lipinski definition) is 4. The Labute approximate surface area is 192 Å². The number of carbonyl (C=O) groups excluding carboxylic acids is 3. The number of rotatable bonds is 7. The van der Waals surface area contributed by atoms with Crippen molar-refractivity contribution in [3.63, 3.8) is 0 Å². The summed E-state index contributed by atoms with van der Waals surface area (Å²) in [5.41, 5.74) is 2.47. The van der Waals surface area contributed by atoms with Gasteiger partial charge >= 0.3 is 0 Å². The molecule has 2 heterocycles. The predicted molar refractivity (Wildman–Crippen MR) is 121 cm³/mol. The van der Waals surface area contributed by atoms with E-state index in [1.165, 1.54) is 0 Å². The summed E-state index contributed by atoms with van der Waals surface area (Å²) in [6.07, 6.45) is -0.0445. The molecule has 6 heteroatoms. The summed E-state index contributed by atoms with van der Waals surface area (Å²) in [5.74, 6) is 1.07. The second-order valence-corrected chi connectivity index (χ2v) is 9.46. The van der Waals surface area contributed by atoms with Gasteiger partial charge in [0.05, 0.1) is 11.5 Å². The number of ether oxygens (including phenoxy) is 1. The Morgan fingerprint density at radius 1 is 1.06 bits per heavy atom. The number of amides is 1. The largest absolute Gasteiger partial charge is 0.486 e. The molecule has 1 saturated carbocycles. The maximum atomic E-state index is 14.0. The summed E-state index contributed by atoms with van der Waals surface area (Å²) in [5, 5.41) is 0. The minimum atomic E-state index is -0.725. The highest BCUT2D eigenvalue weighted by molar-refractivity contribution is 6.04. The molecular weight excluding hydrogens is 421 g/mol. The van der Waals surface area contributed by atoms with Crippen LogP contribution in [0.15, 0.2) is 42.5 Å². The topological polar surface area (TPSA) is 63.7 Å². The molecule has 1 saturated heterocycles. The van der Waals surface area contributed by atoms with Crippen molar-refractivity contribution in [1.82, 2.24) is 4.90 Å². The number of likely N-dealkylation sites (tertiary alicyclic amines) is 1. The zero-order valence-electron chi connectivity index (χ0n) is 18.9. The molecule has 172 valence electrons. The van der Waals surface area contributed by atoms with Crippen molar-refractivity contribution < 1.29 is 23.5 Å². The van der Waals surface area contributed by atoms with Crippen molar-refractivity contribution in [3.05, 3.63) is 64.7 Å². The summed E-state index contributed by atoms with van der Waals surface area (Å²) in [7, 11) is 0. The molecule has 1 unspecified atom stereocenters. The number of halogens is 1. The fraction of sp³-hybridized carbons (Fsp3) is 0.444. The van der Waals surface area contributed by atoms with Crippen molar-refractivity contribution in [2.24, 2.45) is 17.8 Å². The van der Waals surface area contributed by atoms with E-state index in [0.29, 0.717) is 40.7 Å². The van der Waals surface area contributed by atoms with Gasteiger partial charge in [0.1, 0.15) is 18.5 Å². The lowest BCUT2D eigenvalue weighted by molar-refractivity contribution is -0.128. The second-order valence-electron chi connectivity index (χ2n) is 9.46. The minimum Gasteiger partial charge on any atom is -0.486 e. The number of hydrogen-bond donors (Lipinski definition) is 0. The van der Waals surface area contributed by atoms with Crippen LogP contribution in [0.25, 0.3) is 0 Å². The van der Waals surface area contributed by atoms with Gasteiger partial charge in [0.25, 0.3) is 0 Å². The zero-order chi connectivity index (χ0) is 23.3. The van der Waals surface area contributed by atoms with E-state index in [1.54, 1.807) is 26.0 Å². The van der Waals surface area contributed by atoms with E-state index in [4.69, 9.17) is 4.74 Å². The molecule has 0 N–H and O–H groups in total. The third-order valence-electron chi connectivity index (χ3n) is 7.59. The summed E-state index contributed by atoms with van der Waals surface area (Å²) in [6, 6.07) is 13.0. The van der Waals surface area contributed by atoms with Gasteiger partial charge in [0.2, 0.25) is 5.91 Å². The molecule has 2 aromatic carbocycles. The number of fused-ring (bicyclic) bond motifs is 2. The highest BCUT2D eigenvalue weighted by Crippen LogP contribution is 2.54. The Kier molecular flexibility index (Phi) is 5.55. The first-order chi connectivity index (χ1) is 15.9. The molecule has 0 spiro atoms. The SMILES string of the molecule is CCC(=O)c1cc(C(=O)CC2[C@H]3CN(C(C)=O)C[C@@H]23)cc2c1O[C@H](CF)[C@H]2c1ccccc1. The maximum absolute atomic E-state index is 14.0. The smallest absolute Gasteiger partial charge is 0.219 e. The van der Waals surface area contributed by atoms with Crippen LogP contribution in [-0.4, -0.2) is 48.2 Å². The quantitative estimate of drug-likeness (QED) is 0.587. The van der Waals surface area contributed by atoms with E-state index in [9.17, 15) is 18.8 Å².